The van der Waals surface area contributed by atoms with Crippen LogP contribution < -0.4 is 5.73 Å². The summed E-state index contributed by atoms with van der Waals surface area (Å²) in [6.45, 7) is 0.867. The highest BCUT2D eigenvalue weighted by Gasteiger charge is 2.29. The average Bonchev–Trinajstić information content (AvgIpc) is 2.46. The molecule has 2 rings (SSSR count). The molecule has 72 valence electrons. The third-order valence-electron chi connectivity index (χ3n) is 3.05. The summed E-state index contributed by atoms with van der Waals surface area (Å²) in [7, 11) is 0. The van der Waals surface area contributed by atoms with E-state index >= 15 is 0 Å². The summed E-state index contributed by atoms with van der Waals surface area (Å²) < 4.78 is 1.30. The molecule has 2 atom stereocenters. The number of thiophene rings is 1. The lowest BCUT2D eigenvalue weighted by Gasteiger charge is -2.35. The Morgan fingerprint density at radius 2 is 2.23 bits per heavy atom. The van der Waals surface area contributed by atoms with Gasteiger partial charge in [0.2, 0.25) is 0 Å². The van der Waals surface area contributed by atoms with Crippen molar-refractivity contribution in [3.63, 3.8) is 0 Å². The van der Waals surface area contributed by atoms with Crippen LogP contribution in [0.5, 0.6) is 0 Å². The Morgan fingerprint density at radius 1 is 1.46 bits per heavy atom. The molecule has 0 amide bonds. The molecule has 3 heteroatoms. The minimum Gasteiger partial charge on any atom is -0.330 e. The van der Waals surface area contributed by atoms with Crippen molar-refractivity contribution in [2.75, 3.05) is 6.54 Å². The van der Waals surface area contributed by atoms with Gasteiger partial charge in [0.25, 0.3) is 0 Å². The van der Waals surface area contributed by atoms with Crippen LogP contribution >= 0.6 is 27.3 Å². The Bertz CT molecular complexity index is 282. The van der Waals surface area contributed by atoms with E-state index in [1.165, 1.54) is 28.6 Å². The molecule has 1 nitrogen and oxygen atoms in total. The van der Waals surface area contributed by atoms with Gasteiger partial charge < -0.3 is 5.73 Å². The van der Waals surface area contributed by atoms with Gasteiger partial charge in [-0.1, -0.05) is 0 Å². The van der Waals surface area contributed by atoms with E-state index in [2.05, 4.69) is 27.4 Å². The second-order valence-corrected chi connectivity index (χ2v) is 5.99. The van der Waals surface area contributed by atoms with Crippen LogP contribution in [0.25, 0.3) is 0 Å². The van der Waals surface area contributed by atoms with Gasteiger partial charge >= 0.3 is 0 Å². The van der Waals surface area contributed by atoms with Gasteiger partial charge in [0.15, 0.2) is 0 Å². The molecule has 1 aromatic rings. The Kier molecular flexibility index (Phi) is 3.06. The minimum absolute atomic E-state index is 0.784. The predicted octanol–water partition coefficient (Wildman–Crippen LogP) is 3.04. The van der Waals surface area contributed by atoms with E-state index in [4.69, 9.17) is 5.73 Å². The highest BCUT2D eigenvalue weighted by molar-refractivity contribution is 9.11. The van der Waals surface area contributed by atoms with Crippen molar-refractivity contribution in [2.24, 2.45) is 17.6 Å². The second-order valence-electron chi connectivity index (χ2n) is 3.76. The molecule has 1 heterocycles. The van der Waals surface area contributed by atoms with E-state index in [9.17, 15) is 0 Å². The quantitative estimate of drug-likeness (QED) is 0.888. The number of rotatable bonds is 3. The van der Waals surface area contributed by atoms with E-state index in [1.54, 1.807) is 11.3 Å². The minimum atomic E-state index is 0.784. The first-order valence-electron chi connectivity index (χ1n) is 4.73. The van der Waals surface area contributed by atoms with Crippen molar-refractivity contribution in [1.29, 1.82) is 0 Å². The number of hydrogen-bond acceptors (Lipinski definition) is 2. The third kappa shape index (κ3) is 1.97. The fourth-order valence-electron chi connectivity index (χ4n) is 1.96. The molecular weight excluding hydrogens is 246 g/mol. The molecule has 2 N–H and O–H groups in total. The van der Waals surface area contributed by atoms with Gasteiger partial charge in [-0.2, -0.15) is 0 Å². The molecule has 0 saturated heterocycles. The lowest BCUT2D eigenvalue weighted by atomic mass is 9.71. The largest absolute Gasteiger partial charge is 0.330 e. The molecule has 0 aliphatic heterocycles. The molecule has 13 heavy (non-hydrogen) atoms. The number of nitrogens with two attached hydrogens (primary N) is 1. The lowest BCUT2D eigenvalue weighted by Crippen LogP contribution is -2.33. The fraction of sp³-hybridized carbons (Fsp3) is 0.600. The van der Waals surface area contributed by atoms with Crippen LogP contribution in [0.3, 0.4) is 0 Å². The smallest absolute Gasteiger partial charge is 0.0730 e. The van der Waals surface area contributed by atoms with E-state index in [0.29, 0.717) is 0 Å². The summed E-state index contributed by atoms with van der Waals surface area (Å²) in [4.78, 5) is 0. The first kappa shape index (κ1) is 9.69. The van der Waals surface area contributed by atoms with Gasteiger partial charge in [0.05, 0.1) is 3.79 Å². The van der Waals surface area contributed by atoms with Crippen LogP contribution in [-0.2, 0) is 6.42 Å². The van der Waals surface area contributed by atoms with Crippen LogP contribution in [0.1, 0.15) is 18.4 Å². The standard InChI is InChI=1S/C10H14BrNS/c11-10-8(3-4-13-10)5-7-1-2-9(7)6-12/h3-4,7,9H,1-2,5-6,12H2. The molecule has 0 aromatic carbocycles. The van der Waals surface area contributed by atoms with E-state index < -0.39 is 0 Å². The molecule has 0 spiro atoms. The predicted molar refractivity (Wildman–Crippen MR) is 61.0 cm³/mol. The maximum atomic E-state index is 5.68. The molecule has 1 saturated carbocycles. The summed E-state index contributed by atoms with van der Waals surface area (Å²) in [5, 5.41) is 2.15. The summed E-state index contributed by atoms with van der Waals surface area (Å²) >= 11 is 5.35. The normalized spacial score (nSPS) is 27.2. The Hall–Kier alpha value is 0.140. The van der Waals surface area contributed by atoms with Gasteiger partial charge in [-0.15, -0.1) is 11.3 Å². The van der Waals surface area contributed by atoms with Crippen LogP contribution in [0.15, 0.2) is 15.2 Å². The van der Waals surface area contributed by atoms with Crippen LogP contribution in [0.2, 0.25) is 0 Å². The fourth-order valence-corrected chi connectivity index (χ4v) is 3.24. The highest BCUT2D eigenvalue weighted by Crippen LogP contribution is 2.38. The average molecular weight is 260 g/mol. The van der Waals surface area contributed by atoms with Crippen LogP contribution in [0, 0.1) is 11.8 Å². The maximum absolute atomic E-state index is 5.68. The van der Waals surface area contributed by atoms with E-state index in [0.717, 1.165) is 18.4 Å². The van der Waals surface area contributed by atoms with Crippen LogP contribution in [-0.4, -0.2) is 6.54 Å². The van der Waals surface area contributed by atoms with Crippen molar-refractivity contribution in [2.45, 2.75) is 19.3 Å². The van der Waals surface area contributed by atoms with Gasteiger partial charge in [-0.05, 0) is 70.6 Å². The molecule has 1 fully saturated rings. The molecule has 0 radical (unpaired) electrons. The van der Waals surface area contributed by atoms with Crippen molar-refractivity contribution >= 4 is 27.3 Å². The van der Waals surface area contributed by atoms with Gasteiger partial charge in [-0.25, -0.2) is 0 Å². The van der Waals surface area contributed by atoms with Crippen LogP contribution in [0.4, 0.5) is 0 Å². The summed E-state index contributed by atoms with van der Waals surface area (Å²) in [6.07, 6.45) is 3.92. The van der Waals surface area contributed by atoms with Gasteiger partial charge in [0.1, 0.15) is 0 Å². The van der Waals surface area contributed by atoms with Crippen molar-refractivity contribution in [3.8, 4) is 0 Å². The zero-order valence-electron chi connectivity index (χ0n) is 7.50. The summed E-state index contributed by atoms with van der Waals surface area (Å²) in [6, 6.07) is 2.22. The van der Waals surface area contributed by atoms with Gasteiger partial charge in [-0.3, -0.25) is 0 Å². The molecule has 0 bridgehead atoms. The summed E-state index contributed by atoms with van der Waals surface area (Å²) in [5.41, 5.74) is 7.15. The molecular formula is C10H14BrNS. The monoisotopic (exact) mass is 259 g/mol. The van der Waals surface area contributed by atoms with Crippen molar-refractivity contribution in [3.05, 3.63) is 20.8 Å². The zero-order chi connectivity index (χ0) is 9.26. The SMILES string of the molecule is NCC1CCC1Cc1ccsc1Br. The molecule has 2 unspecified atom stereocenters. The molecule has 1 aromatic heterocycles. The topological polar surface area (TPSA) is 26.0 Å². The van der Waals surface area contributed by atoms with Crippen molar-refractivity contribution < 1.29 is 0 Å². The Morgan fingerprint density at radius 3 is 2.69 bits per heavy atom. The Labute approximate surface area is 91.5 Å². The van der Waals surface area contributed by atoms with Crippen molar-refractivity contribution in [1.82, 2.24) is 0 Å². The molecule has 1 aliphatic rings. The Balaban J connectivity index is 1.95. The third-order valence-corrected chi connectivity index (χ3v) is 4.86. The second kappa shape index (κ2) is 4.11. The molecule has 1 aliphatic carbocycles. The highest BCUT2D eigenvalue weighted by atomic mass is 79.9. The first-order chi connectivity index (χ1) is 6.31. The van der Waals surface area contributed by atoms with E-state index in [1.807, 2.05) is 0 Å². The van der Waals surface area contributed by atoms with Gasteiger partial charge in [0, 0.05) is 0 Å². The first-order valence-corrected chi connectivity index (χ1v) is 6.40. The maximum Gasteiger partial charge on any atom is 0.0730 e. The zero-order valence-corrected chi connectivity index (χ0v) is 9.90. The number of halogens is 1. The van der Waals surface area contributed by atoms with E-state index in [-0.39, 0.29) is 0 Å². The number of hydrogen-bond donors (Lipinski definition) is 1. The lowest BCUT2D eigenvalue weighted by molar-refractivity contribution is 0.183. The summed E-state index contributed by atoms with van der Waals surface area (Å²) in [5.74, 6) is 1.63.